The number of nitrogens with zero attached hydrogens (tertiary/aromatic N) is 2. The van der Waals surface area contributed by atoms with Crippen LogP contribution < -0.4 is 4.90 Å². The highest BCUT2D eigenvalue weighted by Gasteiger charge is 2.13. The van der Waals surface area contributed by atoms with Gasteiger partial charge in [-0.3, -0.25) is 0 Å². The quantitative estimate of drug-likeness (QED) is 0.730. The fourth-order valence-electron chi connectivity index (χ4n) is 2.31. The molecule has 116 valence electrons. The van der Waals surface area contributed by atoms with Crippen molar-refractivity contribution in [1.82, 2.24) is 4.98 Å². The molecule has 0 saturated carbocycles. The molecule has 0 unspecified atom stereocenters. The van der Waals surface area contributed by atoms with Crippen LogP contribution >= 0.6 is 11.3 Å². The second-order valence-corrected chi connectivity index (χ2v) is 6.32. The number of aromatic nitrogens is 1. The fourth-order valence-corrected chi connectivity index (χ4v) is 3.22. The SMILES string of the molecule is CC.CCCN(C)c1nc(-c2ccc(C)cc2C)c(C)s1. The Bertz CT molecular complexity index is 573. The fraction of sp³-hybridized carbons (Fsp3) is 0.500. The Morgan fingerprint density at radius 3 is 2.38 bits per heavy atom. The third-order valence-corrected chi connectivity index (χ3v) is 4.39. The van der Waals surface area contributed by atoms with Crippen molar-refractivity contribution in [1.29, 1.82) is 0 Å². The molecule has 2 nitrogen and oxygen atoms in total. The van der Waals surface area contributed by atoms with Gasteiger partial charge < -0.3 is 4.90 Å². The van der Waals surface area contributed by atoms with Crippen molar-refractivity contribution in [3.8, 4) is 11.3 Å². The first kappa shape index (κ1) is 17.7. The minimum Gasteiger partial charge on any atom is -0.351 e. The van der Waals surface area contributed by atoms with Gasteiger partial charge in [0.25, 0.3) is 0 Å². The zero-order chi connectivity index (χ0) is 16.0. The standard InChI is InChI=1S/C16H22N2S.C2H6/c1-6-9-18(5)16-17-15(13(4)19-16)14-8-7-11(2)10-12(14)3;1-2/h7-8,10H,6,9H2,1-5H3;1-2H3. The van der Waals surface area contributed by atoms with Gasteiger partial charge in [0.15, 0.2) is 5.13 Å². The van der Waals surface area contributed by atoms with Crippen LogP contribution in [0.5, 0.6) is 0 Å². The second kappa shape index (κ2) is 8.18. The van der Waals surface area contributed by atoms with Gasteiger partial charge in [-0.1, -0.05) is 44.5 Å². The first-order valence-electron chi connectivity index (χ1n) is 7.79. The zero-order valence-electron chi connectivity index (χ0n) is 14.4. The molecule has 0 bridgehead atoms. The van der Waals surface area contributed by atoms with Gasteiger partial charge >= 0.3 is 0 Å². The zero-order valence-corrected chi connectivity index (χ0v) is 15.3. The Balaban J connectivity index is 0.00000106. The molecular formula is C18H28N2S. The molecule has 0 aliphatic rings. The van der Waals surface area contributed by atoms with Crippen LogP contribution in [0.3, 0.4) is 0 Å². The predicted octanol–water partition coefficient (Wildman–Crippen LogP) is 5.61. The summed E-state index contributed by atoms with van der Waals surface area (Å²) in [4.78, 5) is 8.37. The highest BCUT2D eigenvalue weighted by Crippen LogP contribution is 2.33. The van der Waals surface area contributed by atoms with E-state index in [0.29, 0.717) is 0 Å². The molecule has 21 heavy (non-hydrogen) atoms. The van der Waals surface area contributed by atoms with Crippen molar-refractivity contribution >= 4 is 16.5 Å². The topological polar surface area (TPSA) is 16.1 Å². The minimum atomic E-state index is 1.05. The molecule has 0 N–H and O–H groups in total. The minimum absolute atomic E-state index is 1.05. The average molecular weight is 305 g/mol. The number of hydrogen-bond donors (Lipinski definition) is 0. The van der Waals surface area contributed by atoms with Crippen LogP contribution in [0.1, 0.15) is 43.2 Å². The van der Waals surface area contributed by atoms with Crippen molar-refractivity contribution in [2.75, 3.05) is 18.5 Å². The van der Waals surface area contributed by atoms with Crippen LogP contribution in [-0.2, 0) is 0 Å². The molecule has 1 heterocycles. The molecule has 1 aromatic heterocycles. The molecule has 0 atom stereocenters. The molecule has 0 aliphatic heterocycles. The average Bonchev–Trinajstić information content (AvgIpc) is 2.83. The molecule has 0 spiro atoms. The van der Waals surface area contributed by atoms with E-state index in [-0.39, 0.29) is 0 Å². The van der Waals surface area contributed by atoms with E-state index < -0.39 is 0 Å². The van der Waals surface area contributed by atoms with E-state index in [9.17, 15) is 0 Å². The van der Waals surface area contributed by atoms with Crippen LogP contribution in [0.2, 0.25) is 0 Å². The predicted molar refractivity (Wildman–Crippen MR) is 96.7 cm³/mol. The Kier molecular flexibility index (Phi) is 6.90. The summed E-state index contributed by atoms with van der Waals surface area (Å²) in [5.41, 5.74) is 5.01. The number of anilines is 1. The van der Waals surface area contributed by atoms with E-state index in [4.69, 9.17) is 4.98 Å². The van der Waals surface area contributed by atoms with E-state index in [1.165, 1.54) is 21.6 Å². The molecule has 0 amide bonds. The summed E-state index contributed by atoms with van der Waals surface area (Å²) < 4.78 is 0. The molecular weight excluding hydrogens is 276 g/mol. The third kappa shape index (κ3) is 4.31. The van der Waals surface area contributed by atoms with Gasteiger partial charge in [-0.25, -0.2) is 4.98 Å². The lowest BCUT2D eigenvalue weighted by Gasteiger charge is -2.13. The first-order valence-corrected chi connectivity index (χ1v) is 8.60. The van der Waals surface area contributed by atoms with E-state index in [1.54, 1.807) is 11.3 Å². The molecule has 2 rings (SSSR count). The maximum absolute atomic E-state index is 4.83. The summed E-state index contributed by atoms with van der Waals surface area (Å²) in [6.07, 6.45) is 1.15. The maximum atomic E-state index is 4.83. The van der Waals surface area contributed by atoms with Gasteiger partial charge in [0, 0.05) is 24.0 Å². The molecule has 0 fully saturated rings. The summed E-state index contributed by atoms with van der Waals surface area (Å²) in [6.45, 7) is 13.7. The number of rotatable bonds is 4. The summed E-state index contributed by atoms with van der Waals surface area (Å²) in [6, 6.07) is 6.58. The lowest BCUT2D eigenvalue weighted by Crippen LogP contribution is -2.17. The van der Waals surface area contributed by atoms with Crippen molar-refractivity contribution in [2.24, 2.45) is 0 Å². The van der Waals surface area contributed by atoms with Crippen LogP contribution in [0.25, 0.3) is 11.3 Å². The molecule has 3 heteroatoms. The number of benzene rings is 1. The smallest absolute Gasteiger partial charge is 0.185 e. The summed E-state index contributed by atoms with van der Waals surface area (Å²) in [5.74, 6) is 0. The van der Waals surface area contributed by atoms with Gasteiger partial charge in [0.05, 0.1) is 5.69 Å². The van der Waals surface area contributed by atoms with Gasteiger partial charge in [0.1, 0.15) is 0 Å². The molecule has 2 aromatic rings. The van der Waals surface area contributed by atoms with Crippen LogP contribution in [-0.4, -0.2) is 18.6 Å². The van der Waals surface area contributed by atoms with Crippen LogP contribution in [0.4, 0.5) is 5.13 Å². The van der Waals surface area contributed by atoms with E-state index in [2.05, 4.69) is 57.8 Å². The van der Waals surface area contributed by atoms with Gasteiger partial charge in [-0.15, -0.1) is 11.3 Å². The van der Waals surface area contributed by atoms with Crippen molar-refractivity contribution in [3.05, 3.63) is 34.2 Å². The van der Waals surface area contributed by atoms with Crippen LogP contribution in [0.15, 0.2) is 18.2 Å². The first-order chi connectivity index (χ1) is 10.0. The summed E-state index contributed by atoms with van der Waals surface area (Å²) >= 11 is 1.78. The van der Waals surface area contributed by atoms with E-state index >= 15 is 0 Å². The highest BCUT2D eigenvalue weighted by molar-refractivity contribution is 7.16. The third-order valence-electron chi connectivity index (χ3n) is 3.31. The number of aryl methyl sites for hydroxylation is 3. The number of thiazole rings is 1. The Labute approximate surface area is 133 Å². The number of hydrogen-bond acceptors (Lipinski definition) is 3. The van der Waals surface area contributed by atoms with Crippen molar-refractivity contribution < 1.29 is 0 Å². The summed E-state index contributed by atoms with van der Waals surface area (Å²) in [5, 5.41) is 1.12. The van der Waals surface area contributed by atoms with Gasteiger partial charge in [-0.05, 0) is 32.8 Å². The second-order valence-electron chi connectivity index (χ2n) is 5.14. The summed E-state index contributed by atoms with van der Waals surface area (Å²) in [7, 11) is 2.12. The lowest BCUT2D eigenvalue weighted by atomic mass is 10.0. The monoisotopic (exact) mass is 304 g/mol. The molecule has 0 saturated heterocycles. The van der Waals surface area contributed by atoms with Gasteiger partial charge in [0.2, 0.25) is 0 Å². The van der Waals surface area contributed by atoms with Crippen molar-refractivity contribution in [2.45, 2.75) is 48.0 Å². The Hall–Kier alpha value is -1.35. The molecule has 1 aromatic carbocycles. The Morgan fingerprint density at radius 1 is 1.14 bits per heavy atom. The van der Waals surface area contributed by atoms with E-state index in [1.807, 2.05) is 13.8 Å². The van der Waals surface area contributed by atoms with Crippen molar-refractivity contribution in [3.63, 3.8) is 0 Å². The normalized spacial score (nSPS) is 10.0. The molecule has 0 radical (unpaired) electrons. The lowest BCUT2D eigenvalue weighted by molar-refractivity contribution is 0.848. The van der Waals surface area contributed by atoms with E-state index in [0.717, 1.165) is 23.8 Å². The highest BCUT2D eigenvalue weighted by atomic mass is 32.1. The Morgan fingerprint density at radius 2 is 1.81 bits per heavy atom. The largest absolute Gasteiger partial charge is 0.351 e. The maximum Gasteiger partial charge on any atom is 0.185 e. The molecule has 0 aliphatic carbocycles. The van der Waals surface area contributed by atoms with Gasteiger partial charge in [-0.2, -0.15) is 0 Å². The van der Waals surface area contributed by atoms with Crippen LogP contribution in [0, 0.1) is 20.8 Å².